The predicted octanol–water partition coefficient (Wildman–Crippen LogP) is 2.68. The molecule has 0 aliphatic heterocycles. The Balaban J connectivity index is 3.01. The van der Waals surface area contributed by atoms with Gasteiger partial charge in [-0.05, 0) is 37.5 Å². The Morgan fingerprint density at radius 1 is 1.41 bits per heavy atom. The molecule has 1 aromatic rings. The van der Waals surface area contributed by atoms with Gasteiger partial charge in [0.1, 0.15) is 6.54 Å². The van der Waals surface area contributed by atoms with Gasteiger partial charge in [-0.15, -0.1) is 0 Å². The zero-order chi connectivity index (χ0) is 12.8. The van der Waals surface area contributed by atoms with E-state index in [4.69, 9.17) is 5.26 Å². The molecule has 3 nitrogen and oxygen atoms in total. The summed E-state index contributed by atoms with van der Waals surface area (Å²) < 4.78 is 0. The first-order valence-electron chi connectivity index (χ1n) is 5.84. The van der Waals surface area contributed by atoms with Crippen molar-refractivity contribution in [3.63, 3.8) is 0 Å². The number of aryl methyl sites for hydroxylation is 1. The van der Waals surface area contributed by atoms with Crippen molar-refractivity contribution in [2.24, 2.45) is 0 Å². The minimum atomic E-state index is -0.0467. The Hall–Kier alpha value is -1.82. The maximum absolute atomic E-state index is 12.3. The van der Waals surface area contributed by atoms with E-state index < -0.39 is 0 Å². The van der Waals surface area contributed by atoms with Crippen LogP contribution in [0.3, 0.4) is 0 Å². The van der Waals surface area contributed by atoms with Crippen LogP contribution in [0.2, 0.25) is 0 Å². The second-order valence-corrected chi connectivity index (χ2v) is 4.13. The molecule has 0 aromatic heterocycles. The number of benzene rings is 1. The molecule has 0 heterocycles. The van der Waals surface area contributed by atoms with Gasteiger partial charge in [-0.1, -0.05) is 19.1 Å². The first kappa shape index (κ1) is 13.2. The van der Waals surface area contributed by atoms with Crippen molar-refractivity contribution in [3.05, 3.63) is 34.9 Å². The lowest BCUT2D eigenvalue weighted by molar-refractivity contribution is 0.0775. The van der Waals surface area contributed by atoms with E-state index in [9.17, 15) is 4.79 Å². The Bertz CT molecular complexity index is 446. The molecule has 1 aromatic carbocycles. The molecule has 0 bridgehead atoms. The number of amides is 1. The quantitative estimate of drug-likeness (QED) is 0.746. The molecule has 0 saturated carbocycles. The summed E-state index contributed by atoms with van der Waals surface area (Å²) in [6.45, 7) is 6.71. The fourth-order valence-corrected chi connectivity index (χ4v) is 1.76. The highest BCUT2D eigenvalue weighted by molar-refractivity contribution is 5.96. The second-order valence-electron chi connectivity index (χ2n) is 4.13. The van der Waals surface area contributed by atoms with Crippen molar-refractivity contribution in [1.82, 2.24) is 4.90 Å². The van der Waals surface area contributed by atoms with Crippen LogP contribution in [0.25, 0.3) is 0 Å². The van der Waals surface area contributed by atoms with E-state index in [2.05, 4.69) is 0 Å². The molecule has 0 N–H and O–H groups in total. The van der Waals surface area contributed by atoms with E-state index in [1.807, 2.05) is 45.0 Å². The minimum absolute atomic E-state index is 0.0467. The van der Waals surface area contributed by atoms with Gasteiger partial charge < -0.3 is 4.90 Å². The molecule has 17 heavy (non-hydrogen) atoms. The number of carbonyl (C=O) groups is 1. The number of nitriles is 1. The highest BCUT2D eigenvalue weighted by atomic mass is 16.2. The molecule has 0 aliphatic carbocycles. The van der Waals surface area contributed by atoms with Crippen LogP contribution < -0.4 is 0 Å². The van der Waals surface area contributed by atoms with Gasteiger partial charge in [0.25, 0.3) is 5.91 Å². The van der Waals surface area contributed by atoms with Gasteiger partial charge in [0.15, 0.2) is 0 Å². The summed E-state index contributed by atoms with van der Waals surface area (Å²) in [5.41, 5.74) is 2.80. The van der Waals surface area contributed by atoms with Crippen LogP contribution in [-0.2, 0) is 0 Å². The van der Waals surface area contributed by atoms with Gasteiger partial charge in [0.05, 0.1) is 6.07 Å². The SMILES string of the molecule is CCCN(CC#N)C(=O)c1cccc(C)c1C. The standard InChI is InChI=1S/C14H18N2O/c1-4-9-16(10-8-15)14(17)13-7-5-6-11(2)12(13)3/h5-7H,4,9-10H2,1-3H3. The molecule has 0 atom stereocenters. The molecular weight excluding hydrogens is 212 g/mol. The summed E-state index contributed by atoms with van der Waals surface area (Å²) in [5.74, 6) is -0.0467. The van der Waals surface area contributed by atoms with E-state index in [1.54, 1.807) is 4.90 Å². The van der Waals surface area contributed by atoms with Crippen LogP contribution in [-0.4, -0.2) is 23.9 Å². The smallest absolute Gasteiger partial charge is 0.254 e. The normalized spacial score (nSPS) is 9.76. The maximum Gasteiger partial charge on any atom is 0.254 e. The molecule has 1 amide bonds. The Kier molecular flexibility index (Phi) is 4.71. The van der Waals surface area contributed by atoms with Crippen LogP contribution in [0.5, 0.6) is 0 Å². The summed E-state index contributed by atoms with van der Waals surface area (Å²) in [6, 6.07) is 7.73. The lowest BCUT2D eigenvalue weighted by Crippen LogP contribution is -2.32. The lowest BCUT2D eigenvalue weighted by Gasteiger charge is -2.20. The number of hydrogen-bond acceptors (Lipinski definition) is 2. The van der Waals surface area contributed by atoms with Crippen molar-refractivity contribution in [1.29, 1.82) is 5.26 Å². The molecule has 0 radical (unpaired) electrons. The largest absolute Gasteiger partial charge is 0.325 e. The molecule has 1 rings (SSSR count). The van der Waals surface area contributed by atoms with Crippen molar-refractivity contribution in [3.8, 4) is 6.07 Å². The number of nitrogens with zero attached hydrogens (tertiary/aromatic N) is 2. The zero-order valence-electron chi connectivity index (χ0n) is 10.7. The molecule has 0 fully saturated rings. The molecule has 0 saturated heterocycles. The first-order valence-corrected chi connectivity index (χ1v) is 5.84. The summed E-state index contributed by atoms with van der Waals surface area (Å²) >= 11 is 0. The average molecular weight is 230 g/mol. The van der Waals surface area contributed by atoms with E-state index in [0.717, 1.165) is 17.5 Å². The molecular formula is C14H18N2O. The third-order valence-corrected chi connectivity index (χ3v) is 2.88. The van der Waals surface area contributed by atoms with E-state index >= 15 is 0 Å². The van der Waals surface area contributed by atoms with Gasteiger partial charge in [0, 0.05) is 12.1 Å². The van der Waals surface area contributed by atoms with Crippen molar-refractivity contribution in [2.45, 2.75) is 27.2 Å². The van der Waals surface area contributed by atoms with Gasteiger partial charge in [-0.3, -0.25) is 4.79 Å². The summed E-state index contributed by atoms with van der Waals surface area (Å²) in [7, 11) is 0. The van der Waals surface area contributed by atoms with Gasteiger partial charge in [-0.25, -0.2) is 0 Å². The highest BCUT2D eigenvalue weighted by Crippen LogP contribution is 2.15. The number of rotatable bonds is 4. The van der Waals surface area contributed by atoms with Gasteiger partial charge >= 0.3 is 0 Å². The Morgan fingerprint density at radius 3 is 2.71 bits per heavy atom. The van der Waals surface area contributed by atoms with Gasteiger partial charge in [0.2, 0.25) is 0 Å². The fraction of sp³-hybridized carbons (Fsp3) is 0.429. The Morgan fingerprint density at radius 2 is 2.12 bits per heavy atom. The van der Waals surface area contributed by atoms with Crippen LogP contribution >= 0.6 is 0 Å². The van der Waals surface area contributed by atoms with E-state index in [0.29, 0.717) is 12.1 Å². The van der Waals surface area contributed by atoms with E-state index in [-0.39, 0.29) is 12.5 Å². The summed E-state index contributed by atoms with van der Waals surface area (Å²) in [6.07, 6.45) is 0.859. The third kappa shape index (κ3) is 3.07. The molecule has 90 valence electrons. The van der Waals surface area contributed by atoms with Gasteiger partial charge in [-0.2, -0.15) is 5.26 Å². The maximum atomic E-state index is 12.3. The number of carbonyl (C=O) groups excluding carboxylic acids is 1. The van der Waals surface area contributed by atoms with Crippen molar-refractivity contribution >= 4 is 5.91 Å². The van der Waals surface area contributed by atoms with Crippen molar-refractivity contribution in [2.75, 3.05) is 13.1 Å². The fourth-order valence-electron chi connectivity index (χ4n) is 1.76. The topological polar surface area (TPSA) is 44.1 Å². The second kappa shape index (κ2) is 6.05. The molecule has 0 unspecified atom stereocenters. The van der Waals surface area contributed by atoms with E-state index in [1.165, 1.54) is 0 Å². The average Bonchev–Trinajstić information content (AvgIpc) is 2.31. The first-order chi connectivity index (χ1) is 8.11. The lowest BCUT2D eigenvalue weighted by atomic mass is 10.0. The highest BCUT2D eigenvalue weighted by Gasteiger charge is 2.16. The van der Waals surface area contributed by atoms with Crippen molar-refractivity contribution < 1.29 is 4.79 Å². The molecule has 0 aliphatic rings. The van der Waals surface area contributed by atoms with Crippen LogP contribution in [0.15, 0.2) is 18.2 Å². The van der Waals surface area contributed by atoms with Crippen LogP contribution in [0.1, 0.15) is 34.8 Å². The predicted molar refractivity (Wildman–Crippen MR) is 67.7 cm³/mol. The minimum Gasteiger partial charge on any atom is -0.325 e. The van der Waals surface area contributed by atoms with Crippen LogP contribution in [0.4, 0.5) is 0 Å². The monoisotopic (exact) mass is 230 g/mol. The summed E-state index contributed by atoms with van der Waals surface area (Å²) in [5, 5.41) is 8.74. The molecule has 3 heteroatoms. The summed E-state index contributed by atoms with van der Waals surface area (Å²) in [4.78, 5) is 13.9. The number of hydrogen-bond donors (Lipinski definition) is 0. The zero-order valence-corrected chi connectivity index (χ0v) is 10.7. The third-order valence-electron chi connectivity index (χ3n) is 2.88. The van der Waals surface area contributed by atoms with Crippen LogP contribution in [0, 0.1) is 25.2 Å². The Labute approximate surface area is 103 Å². The molecule has 0 spiro atoms.